The van der Waals surface area contributed by atoms with Crippen LogP contribution in [0.15, 0.2) is 0 Å². The Bertz CT molecular complexity index is 334. The van der Waals surface area contributed by atoms with E-state index in [4.69, 9.17) is 21.7 Å². The quantitative estimate of drug-likeness (QED) is 0.565. The number of nitrogens with one attached hydrogen (secondary N) is 1. The van der Waals surface area contributed by atoms with Crippen molar-refractivity contribution in [3.63, 3.8) is 0 Å². The van der Waals surface area contributed by atoms with Crippen LogP contribution in [0.3, 0.4) is 0 Å². The molecule has 0 spiro atoms. The summed E-state index contributed by atoms with van der Waals surface area (Å²) in [5.74, 6) is 0.968. The van der Waals surface area contributed by atoms with Gasteiger partial charge in [-0.2, -0.15) is 5.10 Å². The summed E-state index contributed by atoms with van der Waals surface area (Å²) in [6.45, 7) is 4.65. The van der Waals surface area contributed by atoms with Gasteiger partial charge in [-0.05, 0) is 12.2 Å². The number of methoxy groups -OCH3 is 1. The number of aryl methyl sites for hydroxylation is 1. The SMILES string of the molecule is CCc1n[nH]c(=S)n1CCOCCOC. The van der Waals surface area contributed by atoms with Crippen molar-refractivity contribution < 1.29 is 9.47 Å². The summed E-state index contributed by atoms with van der Waals surface area (Å²) < 4.78 is 12.9. The molecule has 1 rings (SSSR count). The van der Waals surface area contributed by atoms with Gasteiger partial charge in [0.25, 0.3) is 0 Å². The number of rotatable bonds is 7. The molecule has 0 saturated carbocycles. The molecule has 86 valence electrons. The Morgan fingerprint density at radius 3 is 2.87 bits per heavy atom. The zero-order valence-electron chi connectivity index (χ0n) is 9.15. The van der Waals surface area contributed by atoms with Crippen molar-refractivity contribution in [2.24, 2.45) is 0 Å². The lowest BCUT2D eigenvalue weighted by molar-refractivity contribution is 0.0662. The van der Waals surface area contributed by atoms with Crippen molar-refractivity contribution in [3.05, 3.63) is 10.6 Å². The van der Waals surface area contributed by atoms with E-state index < -0.39 is 0 Å². The Labute approximate surface area is 94.4 Å². The second-order valence-corrected chi connectivity index (χ2v) is 3.44. The Kier molecular flexibility index (Phi) is 5.52. The van der Waals surface area contributed by atoms with Gasteiger partial charge in [0, 0.05) is 13.5 Å². The van der Waals surface area contributed by atoms with Crippen molar-refractivity contribution in [2.45, 2.75) is 19.9 Å². The Morgan fingerprint density at radius 2 is 2.20 bits per heavy atom. The fraction of sp³-hybridized carbons (Fsp3) is 0.778. The molecule has 1 aromatic heterocycles. The first kappa shape index (κ1) is 12.4. The van der Waals surface area contributed by atoms with Crippen LogP contribution in [0.4, 0.5) is 0 Å². The monoisotopic (exact) mass is 231 g/mol. The maximum Gasteiger partial charge on any atom is 0.195 e. The third-order valence-electron chi connectivity index (χ3n) is 2.04. The van der Waals surface area contributed by atoms with Gasteiger partial charge in [-0.25, -0.2) is 0 Å². The van der Waals surface area contributed by atoms with Gasteiger partial charge in [0.15, 0.2) is 4.77 Å². The zero-order chi connectivity index (χ0) is 11.1. The van der Waals surface area contributed by atoms with Crippen molar-refractivity contribution in [1.82, 2.24) is 14.8 Å². The maximum absolute atomic E-state index is 5.37. The molecule has 5 nitrogen and oxygen atoms in total. The normalized spacial score (nSPS) is 10.8. The van der Waals surface area contributed by atoms with Gasteiger partial charge in [-0.1, -0.05) is 6.92 Å². The molecule has 0 unspecified atom stereocenters. The van der Waals surface area contributed by atoms with E-state index in [1.165, 1.54) is 0 Å². The molecule has 6 heteroatoms. The second kappa shape index (κ2) is 6.71. The molecule has 0 fully saturated rings. The minimum Gasteiger partial charge on any atom is -0.382 e. The van der Waals surface area contributed by atoms with Gasteiger partial charge in [0.05, 0.1) is 26.4 Å². The first-order valence-electron chi connectivity index (χ1n) is 5.00. The zero-order valence-corrected chi connectivity index (χ0v) is 9.97. The lowest BCUT2D eigenvalue weighted by Gasteiger charge is -2.06. The highest BCUT2D eigenvalue weighted by Crippen LogP contribution is 1.98. The number of aromatic nitrogens is 3. The third kappa shape index (κ3) is 3.73. The van der Waals surface area contributed by atoms with Crippen LogP contribution in [0.5, 0.6) is 0 Å². The van der Waals surface area contributed by atoms with Gasteiger partial charge in [0.2, 0.25) is 0 Å². The van der Waals surface area contributed by atoms with E-state index in [0.29, 0.717) is 24.6 Å². The van der Waals surface area contributed by atoms with Crippen LogP contribution in [0, 0.1) is 4.77 Å². The van der Waals surface area contributed by atoms with E-state index in [-0.39, 0.29) is 0 Å². The van der Waals surface area contributed by atoms with E-state index >= 15 is 0 Å². The highest BCUT2D eigenvalue weighted by atomic mass is 32.1. The summed E-state index contributed by atoms with van der Waals surface area (Å²) in [6, 6.07) is 0. The van der Waals surface area contributed by atoms with Crippen LogP contribution in [-0.4, -0.2) is 41.7 Å². The third-order valence-corrected chi connectivity index (χ3v) is 2.36. The summed E-state index contributed by atoms with van der Waals surface area (Å²) in [5.41, 5.74) is 0. The van der Waals surface area contributed by atoms with Crippen LogP contribution in [0.2, 0.25) is 0 Å². The number of hydrogen-bond donors (Lipinski definition) is 1. The second-order valence-electron chi connectivity index (χ2n) is 3.06. The van der Waals surface area contributed by atoms with Crippen LogP contribution in [0.25, 0.3) is 0 Å². The van der Waals surface area contributed by atoms with Crippen molar-refractivity contribution in [3.8, 4) is 0 Å². The van der Waals surface area contributed by atoms with Gasteiger partial charge in [-0.15, -0.1) is 0 Å². The summed E-state index contributed by atoms with van der Waals surface area (Å²) in [5, 5.41) is 6.89. The van der Waals surface area contributed by atoms with Crippen LogP contribution in [-0.2, 0) is 22.4 Å². The fourth-order valence-electron chi connectivity index (χ4n) is 1.25. The molecule has 1 heterocycles. The fourth-order valence-corrected chi connectivity index (χ4v) is 1.49. The molecule has 0 aliphatic heterocycles. The first-order chi connectivity index (χ1) is 7.29. The molecule has 1 aromatic rings. The summed E-state index contributed by atoms with van der Waals surface area (Å²) in [7, 11) is 1.66. The molecule has 0 atom stereocenters. The van der Waals surface area contributed by atoms with E-state index in [9.17, 15) is 0 Å². The summed E-state index contributed by atoms with van der Waals surface area (Å²) >= 11 is 5.10. The highest BCUT2D eigenvalue weighted by Gasteiger charge is 2.02. The first-order valence-corrected chi connectivity index (χ1v) is 5.41. The average Bonchev–Trinajstić information content (AvgIpc) is 2.60. The molecule has 0 aliphatic carbocycles. The largest absolute Gasteiger partial charge is 0.382 e. The Hall–Kier alpha value is -0.720. The molecule has 15 heavy (non-hydrogen) atoms. The maximum atomic E-state index is 5.37. The van der Waals surface area contributed by atoms with Crippen LogP contribution < -0.4 is 0 Å². The topological polar surface area (TPSA) is 52.1 Å². The highest BCUT2D eigenvalue weighted by molar-refractivity contribution is 7.71. The van der Waals surface area contributed by atoms with Crippen LogP contribution >= 0.6 is 12.2 Å². The predicted molar refractivity (Wildman–Crippen MR) is 59.5 cm³/mol. The standard InChI is InChI=1S/C9H17N3O2S/c1-3-8-10-11-9(15)12(8)4-5-14-7-6-13-2/h3-7H2,1-2H3,(H,11,15). The van der Waals surface area contributed by atoms with Gasteiger partial charge in [-0.3, -0.25) is 5.10 Å². The molecule has 1 N–H and O–H groups in total. The van der Waals surface area contributed by atoms with Crippen LogP contribution in [0.1, 0.15) is 12.7 Å². The van der Waals surface area contributed by atoms with E-state index in [0.717, 1.165) is 18.8 Å². The molecule has 0 saturated heterocycles. The van der Waals surface area contributed by atoms with E-state index in [1.807, 2.05) is 11.5 Å². The van der Waals surface area contributed by atoms with Gasteiger partial charge in [0.1, 0.15) is 5.82 Å². The molecule has 0 aromatic carbocycles. The smallest absolute Gasteiger partial charge is 0.195 e. The van der Waals surface area contributed by atoms with Crippen molar-refractivity contribution >= 4 is 12.2 Å². The Morgan fingerprint density at radius 1 is 1.40 bits per heavy atom. The van der Waals surface area contributed by atoms with Gasteiger partial charge >= 0.3 is 0 Å². The van der Waals surface area contributed by atoms with Crippen molar-refractivity contribution in [1.29, 1.82) is 0 Å². The molecule has 0 aliphatic rings. The number of hydrogen-bond acceptors (Lipinski definition) is 4. The van der Waals surface area contributed by atoms with Crippen molar-refractivity contribution in [2.75, 3.05) is 26.9 Å². The van der Waals surface area contributed by atoms with E-state index in [2.05, 4.69) is 10.2 Å². The number of nitrogens with zero attached hydrogens (tertiary/aromatic N) is 2. The molecule has 0 amide bonds. The lowest BCUT2D eigenvalue weighted by Crippen LogP contribution is -2.11. The predicted octanol–water partition coefficient (Wildman–Crippen LogP) is 1.17. The molecule has 0 bridgehead atoms. The minimum atomic E-state index is 0.614. The average molecular weight is 231 g/mol. The molecular formula is C9H17N3O2S. The summed E-state index contributed by atoms with van der Waals surface area (Å²) in [4.78, 5) is 0. The molecular weight excluding hydrogens is 214 g/mol. The number of H-pyrrole nitrogens is 1. The number of aromatic amines is 1. The Balaban J connectivity index is 2.36. The van der Waals surface area contributed by atoms with Gasteiger partial charge < -0.3 is 14.0 Å². The molecule has 0 radical (unpaired) electrons. The number of ether oxygens (including phenoxy) is 2. The van der Waals surface area contributed by atoms with E-state index in [1.54, 1.807) is 7.11 Å². The minimum absolute atomic E-state index is 0.614. The lowest BCUT2D eigenvalue weighted by atomic mass is 10.4. The summed E-state index contributed by atoms with van der Waals surface area (Å²) in [6.07, 6.45) is 0.866.